The summed E-state index contributed by atoms with van der Waals surface area (Å²) in [4.78, 5) is 18.0. The molecule has 1 aliphatic carbocycles. The average molecular weight is 515 g/mol. The molecule has 2 heterocycles. The number of hydrogen-bond acceptors (Lipinski definition) is 8. The summed E-state index contributed by atoms with van der Waals surface area (Å²) in [6, 6.07) is 17.3. The van der Waals surface area contributed by atoms with E-state index in [1.54, 1.807) is 18.2 Å². The molecule has 1 aliphatic heterocycles. The Hall–Kier alpha value is -3.31. The van der Waals surface area contributed by atoms with Gasteiger partial charge in [0.2, 0.25) is 16.8 Å². The second-order valence-electron chi connectivity index (χ2n) is 8.98. The minimum Gasteiger partial charge on any atom is -0.454 e. The number of Topliss-reactive ketones (excluding diaryl/α,β-unsaturated/α-hetero) is 1. The Morgan fingerprint density at radius 1 is 1.08 bits per heavy atom. The second-order valence-corrected chi connectivity index (χ2v) is 10.7. The molecule has 5 rings (SSSR count). The Bertz CT molecular complexity index is 1400. The third-order valence-electron chi connectivity index (χ3n) is 6.54. The molecule has 9 nitrogen and oxygen atoms in total. The van der Waals surface area contributed by atoms with Crippen LogP contribution < -0.4 is 14.2 Å². The molecule has 36 heavy (non-hydrogen) atoms. The summed E-state index contributed by atoms with van der Waals surface area (Å²) in [6.45, 7) is -0.636. The number of ether oxygens (including phenoxy) is 2. The van der Waals surface area contributed by atoms with Crippen molar-refractivity contribution in [1.29, 1.82) is 0 Å². The number of rotatable bonds is 10. The molecule has 0 spiro atoms. The minimum absolute atomic E-state index is 0. The van der Waals surface area contributed by atoms with Crippen LogP contribution in [0.15, 0.2) is 65.6 Å². The zero-order valence-electron chi connectivity index (χ0n) is 19.4. The summed E-state index contributed by atoms with van der Waals surface area (Å²) in [5.41, 5.74) is 2.38. The fourth-order valence-electron chi connectivity index (χ4n) is 4.28. The van der Waals surface area contributed by atoms with Crippen molar-refractivity contribution in [2.75, 3.05) is 19.9 Å². The van der Waals surface area contributed by atoms with E-state index >= 15 is 0 Å². The van der Waals surface area contributed by atoms with Crippen LogP contribution >= 0.6 is 0 Å². The number of aliphatic hydroxyl groups excluding tert-OH is 2. The lowest BCUT2D eigenvalue weighted by atomic mass is 9.88. The maximum absolute atomic E-state index is 13.3. The maximum Gasteiger partial charge on any atom is 0.240 e. The van der Waals surface area contributed by atoms with Crippen LogP contribution in [0.3, 0.4) is 0 Å². The standard InChI is InChI=1S/C26H26N2O7S.2H2/c29-15-20(30)14-27-36(32,33)21-7-4-17(5-8-21)22-3-1-2-19(28-22)13-25(31)26(10-11-26)18-6-9-23-24(12-18)35-16-34-23;;/h1-9,12,20,27,29-30H,10-11,13-16H2;2*1H/t20-;;/m0../s1. The molecule has 192 valence electrons. The molecular formula is C26H30N2O7S. The first-order valence-corrected chi connectivity index (χ1v) is 13.1. The lowest BCUT2D eigenvalue weighted by Crippen LogP contribution is -2.33. The second kappa shape index (κ2) is 9.62. The zero-order valence-corrected chi connectivity index (χ0v) is 20.2. The smallest absolute Gasteiger partial charge is 0.240 e. The van der Waals surface area contributed by atoms with Crippen molar-refractivity contribution in [2.24, 2.45) is 0 Å². The molecule has 0 unspecified atom stereocenters. The number of hydrogen-bond donors (Lipinski definition) is 3. The molecule has 2 aliphatic rings. The molecule has 2 aromatic carbocycles. The molecule has 1 saturated carbocycles. The third-order valence-corrected chi connectivity index (χ3v) is 7.98. The molecule has 10 heteroatoms. The molecule has 0 radical (unpaired) electrons. The number of sulfonamides is 1. The summed E-state index contributed by atoms with van der Waals surface area (Å²) < 4.78 is 37.9. The molecule has 3 aromatic rings. The van der Waals surface area contributed by atoms with E-state index in [9.17, 15) is 18.3 Å². The van der Waals surface area contributed by atoms with Gasteiger partial charge in [0, 0.05) is 27.1 Å². The first-order valence-electron chi connectivity index (χ1n) is 11.6. The topological polar surface area (TPSA) is 135 Å². The summed E-state index contributed by atoms with van der Waals surface area (Å²) >= 11 is 0. The first-order chi connectivity index (χ1) is 17.3. The molecule has 1 atom stereocenters. The van der Waals surface area contributed by atoms with Gasteiger partial charge in [-0.2, -0.15) is 0 Å². The first kappa shape index (κ1) is 24.4. The van der Waals surface area contributed by atoms with E-state index in [0.717, 1.165) is 18.4 Å². The average Bonchev–Trinajstić information content (AvgIpc) is 3.58. The van der Waals surface area contributed by atoms with Crippen molar-refractivity contribution in [3.63, 3.8) is 0 Å². The lowest BCUT2D eigenvalue weighted by Gasteiger charge is -2.15. The fraction of sp³-hybridized carbons (Fsp3) is 0.308. The normalized spacial score (nSPS) is 16.5. The largest absolute Gasteiger partial charge is 0.454 e. The summed E-state index contributed by atoms with van der Waals surface area (Å²) in [7, 11) is -3.83. The molecule has 3 N–H and O–H groups in total. The van der Waals surface area contributed by atoms with E-state index in [1.807, 2.05) is 30.3 Å². The number of fused-ring (bicyclic) bond motifs is 1. The number of aromatic nitrogens is 1. The molecule has 0 saturated heterocycles. The third kappa shape index (κ3) is 4.85. The highest BCUT2D eigenvalue weighted by Gasteiger charge is 2.51. The SMILES string of the molecule is O=C(Cc1cccc(-c2ccc(S(=O)(=O)NC[C@H](O)CO)cc2)n1)C1(c2ccc3c(c2)OCO3)CC1.[HH].[HH]. The van der Waals surface area contributed by atoms with Crippen molar-refractivity contribution in [2.45, 2.75) is 35.7 Å². The van der Waals surface area contributed by atoms with Gasteiger partial charge in [0.1, 0.15) is 5.78 Å². The highest BCUT2D eigenvalue weighted by molar-refractivity contribution is 7.89. The zero-order chi connectivity index (χ0) is 25.3. The van der Waals surface area contributed by atoms with Crippen LogP contribution in [0.5, 0.6) is 11.5 Å². The van der Waals surface area contributed by atoms with E-state index in [-0.39, 0.29) is 33.3 Å². The Morgan fingerprint density at radius 3 is 2.56 bits per heavy atom. The van der Waals surface area contributed by atoms with E-state index in [0.29, 0.717) is 28.5 Å². The fourth-order valence-corrected chi connectivity index (χ4v) is 5.35. The van der Waals surface area contributed by atoms with Gasteiger partial charge in [-0.15, -0.1) is 0 Å². The number of pyridine rings is 1. The summed E-state index contributed by atoms with van der Waals surface area (Å²) in [5.74, 6) is 1.45. The number of carbonyl (C=O) groups excluding carboxylic acids is 1. The van der Waals surface area contributed by atoms with Crippen LogP contribution in [0.2, 0.25) is 0 Å². The maximum atomic E-state index is 13.3. The van der Waals surface area contributed by atoms with Crippen LogP contribution in [-0.4, -0.2) is 55.4 Å². The minimum atomic E-state index is -3.83. The number of benzene rings is 2. The Morgan fingerprint density at radius 2 is 1.83 bits per heavy atom. The molecular weight excluding hydrogens is 484 g/mol. The number of nitrogens with one attached hydrogen (secondary N) is 1. The van der Waals surface area contributed by atoms with Gasteiger partial charge in [-0.25, -0.2) is 13.1 Å². The predicted octanol–water partition coefficient (Wildman–Crippen LogP) is 2.44. The summed E-state index contributed by atoms with van der Waals surface area (Å²) in [6.07, 6.45) is 0.578. The van der Waals surface area contributed by atoms with E-state index in [1.165, 1.54) is 12.1 Å². The monoisotopic (exact) mass is 514 g/mol. The van der Waals surface area contributed by atoms with Crippen molar-refractivity contribution in [1.82, 2.24) is 9.71 Å². The van der Waals surface area contributed by atoms with Gasteiger partial charge in [0.05, 0.1) is 28.7 Å². The Balaban J connectivity index is 0.00000200. The Labute approximate surface area is 211 Å². The van der Waals surface area contributed by atoms with Crippen molar-refractivity contribution >= 4 is 15.8 Å². The highest BCUT2D eigenvalue weighted by Crippen LogP contribution is 2.51. The number of carbonyl (C=O) groups is 1. The van der Waals surface area contributed by atoms with E-state index < -0.39 is 28.1 Å². The van der Waals surface area contributed by atoms with Gasteiger partial charge in [-0.1, -0.05) is 24.3 Å². The van der Waals surface area contributed by atoms with Gasteiger partial charge in [-0.3, -0.25) is 9.78 Å². The lowest BCUT2D eigenvalue weighted by molar-refractivity contribution is -0.120. The van der Waals surface area contributed by atoms with Crippen LogP contribution in [0.25, 0.3) is 11.3 Å². The molecule has 0 amide bonds. The predicted molar refractivity (Wildman–Crippen MR) is 134 cm³/mol. The van der Waals surface area contributed by atoms with Crippen LogP contribution in [-0.2, 0) is 26.7 Å². The van der Waals surface area contributed by atoms with Crippen LogP contribution in [0.4, 0.5) is 0 Å². The van der Waals surface area contributed by atoms with E-state index in [4.69, 9.17) is 14.6 Å². The number of aliphatic hydroxyl groups is 2. The number of nitrogens with zero attached hydrogens (tertiary/aromatic N) is 1. The van der Waals surface area contributed by atoms with E-state index in [2.05, 4.69) is 9.71 Å². The Kier molecular flexibility index (Phi) is 6.52. The quantitative estimate of drug-likeness (QED) is 0.376. The van der Waals surface area contributed by atoms with Gasteiger partial charge < -0.3 is 19.7 Å². The van der Waals surface area contributed by atoms with Crippen molar-refractivity contribution in [3.8, 4) is 22.8 Å². The van der Waals surface area contributed by atoms with Gasteiger partial charge in [0.25, 0.3) is 0 Å². The summed E-state index contributed by atoms with van der Waals surface area (Å²) in [5, 5.41) is 18.2. The van der Waals surface area contributed by atoms with Crippen molar-refractivity contribution in [3.05, 3.63) is 71.9 Å². The molecule has 0 bridgehead atoms. The molecule has 1 aromatic heterocycles. The van der Waals surface area contributed by atoms with Crippen LogP contribution in [0, 0.1) is 0 Å². The number of ketones is 1. The highest BCUT2D eigenvalue weighted by atomic mass is 32.2. The van der Waals surface area contributed by atoms with Gasteiger partial charge in [0.15, 0.2) is 11.5 Å². The van der Waals surface area contributed by atoms with Gasteiger partial charge in [-0.05, 0) is 54.8 Å². The van der Waals surface area contributed by atoms with Crippen LogP contribution in [0.1, 0.15) is 27.0 Å². The molecule has 1 fully saturated rings. The van der Waals surface area contributed by atoms with Gasteiger partial charge >= 0.3 is 0 Å². The van der Waals surface area contributed by atoms with Crippen molar-refractivity contribution < 1.29 is 35.8 Å².